The molecule has 1 aliphatic heterocycles. The van der Waals surface area contributed by atoms with Crippen LogP contribution in [0.3, 0.4) is 0 Å². The van der Waals surface area contributed by atoms with Crippen molar-refractivity contribution in [2.75, 3.05) is 6.54 Å². The first-order chi connectivity index (χ1) is 21.2. The number of sulfone groups is 1. The summed E-state index contributed by atoms with van der Waals surface area (Å²) in [5.41, 5.74) is 7.08. The van der Waals surface area contributed by atoms with E-state index in [0.29, 0.717) is 43.8 Å². The van der Waals surface area contributed by atoms with Crippen molar-refractivity contribution in [3.05, 3.63) is 11.3 Å². The first-order valence-corrected chi connectivity index (χ1v) is 18.8. The van der Waals surface area contributed by atoms with Crippen molar-refractivity contribution in [1.29, 1.82) is 0 Å². The van der Waals surface area contributed by atoms with Crippen LogP contribution in [-0.4, -0.2) is 83.1 Å². The van der Waals surface area contributed by atoms with Crippen molar-refractivity contribution in [3.63, 3.8) is 0 Å². The van der Waals surface area contributed by atoms with E-state index in [9.17, 15) is 27.9 Å². The van der Waals surface area contributed by atoms with Gasteiger partial charge in [0.25, 0.3) is 0 Å². The number of nitrogens with one attached hydrogen (secondary N) is 3. The minimum Gasteiger partial charge on any atom is -0.400 e. The van der Waals surface area contributed by atoms with Crippen LogP contribution in [0.15, 0.2) is 11.3 Å². The van der Waals surface area contributed by atoms with Gasteiger partial charge in [0.1, 0.15) is 18.2 Å². The van der Waals surface area contributed by atoms with Crippen molar-refractivity contribution < 1.29 is 27.9 Å². The van der Waals surface area contributed by atoms with Crippen LogP contribution in [-0.2, 0) is 19.4 Å². The number of urea groups is 1. The number of allylic oxidation sites excluding steroid dienone is 1. The Kier molecular flexibility index (Phi) is 10.8. The maximum atomic E-state index is 14.4. The second kappa shape index (κ2) is 13.6. The number of amides is 4. The summed E-state index contributed by atoms with van der Waals surface area (Å²) in [5, 5.41) is 19.0. The van der Waals surface area contributed by atoms with E-state index >= 15 is 0 Å². The van der Waals surface area contributed by atoms with Gasteiger partial charge in [0, 0.05) is 18.3 Å². The lowest BCUT2D eigenvalue weighted by Crippen LogP contribution is -2.62. The summed E-state index contributed by atoms with van der Waals surface area (Å²) in [6.07, 6.45) is 5.50. The summed E-state index contributed by atoms with van der Waals surface area (Å²) in [6.45, 7) is 15.3. The van der Waals surface area contributed by atoms with E-state index < -0.39 is 61.6 Å². The molecule has 3 aliphatic carbocycles. The maximum Gasteiger partial charge on any atom is 0.315 e. The lowest BCUT2D eigenvalue weighted by atomic mass is 9.69. The van der Waals surface area contributed by atoms with Crippen LogP contribution in [0, 0.1) is 23.2 Å². The molecule has 2 saturated carbocycles. The normalized spacial score (nSPS) is 31.2. The molecule has 3 unspecified atom stereocenters. The van der Waals surface area contributed by atoms with Gasteiger partial charge >= 0.3 is 6.03 Å². The summed E-state index contributed by atoms with van der Waals surface area (Å²) < 4.78 is 25.8. The van der Waals surface area contributed by atoms with Crippen molar-refractivity contribution in [2.24, 2.45) is 28.9 Å². The van der Waals surface area contributed by atoms with Gasteiger partial charge in [-0.25, -0.2) is 13.2 Å². The van der Waals surface area contributed by atoms with E-state index in [1.807, 2.05) is 20.8 Å². The zero-order valence-electron chi connectivity index (χ0n) is 29.2. The smallest absolute Gasteiger partial charge is 0.315 e. The monoisotopic (exact) mass is 665 g/mol. The van der Waals surface area contributed by atoms with Crippen molar-refractivity contribution in [3.8, 4) is 0 Å². The molecule has 11 nitrogen and oxygen atoms in total. The molecule has 12 heteroatoms. The third-order valence-electron chi connectivity index (χ3n) is 10.6. The van der Waals surface area contributed by atoms with Gasteiger partial charge in [0.05, 0.1) is 16.0 Å². The number of aliphatic hydroxyl groups excluding tert-OH is 1. The predicted octanol–water partition coefficient (Wildman–Crippen LogP) is 3.36. The molecular weight excluding hydrogens is 606 g/mol. The second-order valence-electron chi connectivity index (χ2n) is 16.8. The molecule has 8 atom stereocenters. The highest BCUT2D eigenvalue weighted by Gasteiger charge is 2.48. The molecule has 3 fully saturated rings. The van der Waals surface area contributed by atoms with Gasteiger partial charge in [-0.15, -0.1) is 0 Å². The van der Waals surface area contributed by atoms with Crippen LogP contribution in [0.2, 0.25) is 0 Å². The Morgan fingerprint density at radius 1 is 0.978 bits per heavy atom. The van der Waals surface area contributed by atoms with E-state index in [1.54, 1.807) is 25.7 Å². The molecule has 0 radical (unpaired) electrons. The van der Waals surface area contributed by atoms with Gasteiger partial charge in [-0.2, -0.15) is 0 Å². The van der Waals surface area contributed by atoms with Gasteiger partial charge in [-0.05, 0) is 94.5 Å². The number of carbonyl (C=O) groups is 3. The predicted molar refractivity (Wildman–Crippen MR) is 179 cm³/mol. The minimum absolute atomic E-state index is 0.110. The van der Waals surface area contributed by atoms with Crippen LogP contribution in [0.5, 0.6) is 0 Å². The molecule has 4 aliphatic rings. The highest BCUT2D eigenvalue weighted by atomic mass is 32.2. The van der Waals surface area contributed by atoms with Crippen molar-refractivity contribution in [1.82, 2.24) is 20.9 Å². The third kappa shape index (κ3) is 7.69. The fourth-order valence-corrected chi connectivity index (χ4v) is 9.91. The van der Waals surface area contributed by atoms with Crippen LogP contribution >= 0.6 is 0 Å². The molecule has 0 aromatic rings. The molecule has 1 heterocycles. The highest BCUT2D eigenvalue weighted by molar-refractivity contribution is 7.93. The summed E-state index contributed by atoms with van der Waals surface area (Å²) in [5.74, 6) is 0.106. The number of likely N-dealkylation sites (tertiary alicyclic amines) is 1. The van der Waals surface area contributed by atoms with Crippen LogP contribution in [0.1, 0.15) is 113 Å². The van der Waals surface area contributed by atoms with E-state index in [4.69, 9.17) is 5.73 Å². The molecule has 4 amide bonds. The summed E-state index contributed by atoms with van der Waals surface area (Å²) in [6, 6.07) is -3.37. The first-order valence-electron chi connectivity index (χ1n) is 17.3. The molecule has 0 bridgehead atoms. The summed E-state index contributed by atoms with van der Waals surface area (Å²) in [7, 11) is -3.53. The lowest BCUT2D eigenvalue weighted by molar-refractivity contribution is -0.142. The fourth-order valence-electron chi connectivity index (χ4n) is 7.89. The quantitative estimate of drug-likeness (QED) is 0.265. The lowest BCUT2D eigenvalue weighted by Gasteiger charge is -2.42. The number of nitrogens with two attached hydrogens (primary N) is 1. The maximum absolute atomic E-state index is 14.4. The average Bonchev–Trinajstić information content (AvgIpc) is 3.34. The number of fused-ring (bicyclic) bond motifs is 1. The Labute approximate surface area is 276 Å². The van der Waals surface area contributed by atoms with Crippen LogP contribution < -0.4 is 21.7 Å². The molecule has 6 N–H and O–H groups in total. The number of hydrogen-bond acceptors (Lipinski definition) is 7. The Morgan fingerprint density at radius 3 is 2.20 bits per heavy atom. The largest absolute Gasteiger partial charge is 0.400 e. The van der Waals surface area contributed by atoms with E-state index in [0.717, 1.165) is 37.7 Å². The average molecular weight is 666 g/mol. The summed E-state index contributed by atoms with van der Waals surface area (Å²) in [4.78, 5) is 43.3. The number of aliphatic hydroxyl groups is 1. The minimum atomic E-state index is -3.53. The molecule has 0 aromatic heterocycles. The number of rotatable bonds is 8. The zero-order chi connectivity index (χ0) is 34.4. The Balaban J connectivity index is 1.52. The van der Waals surface area contributed by atoms with E-state index in [2.05, 4.69) is 29.8 Å². The molecule has 46 heavy (non-hydrogen) atoms. The SMILES string of the molecule is CC(C)C[C@@H]1C[C@@H](C(=O)NC2CC3CCC3=C(N)C2O)N(C(=O)[C@@H](NC(=O)N[C@H]2CCCC[C@H]2S(=O)(=O)C(C)(C)C)C(C)(C)C)C1. The second-order valence-corrected chi connectivity index (χ2v) is 19.7. The van der Waals surface area contributed by atoms with E-state index in [1.165, 1.54) is 0 Å². The third-order valence-corrected chi connectivity index (χ3v) is 13.7. The molecular formula is C34H59N5O6S. The van der Waals surface area contributed by atoms with Crippen molar-refractivity contribution in [2.45, 2.75) is 153 Å². The fraction of sp³-hybridized carbons (Fsp3) is 0.853. The molecule has 262 valence electrons. The van der Waals surface area contributed by atoms with Gasteiger partial charge < -0.3 is 31.7 Å². The molecule has 4 rings (SSSR count). The van der Waals surface area contributed by atoms with Crippen LogP contribution in [0.4, 0.5) is 4.79 Å². The zero-order valence-corrected chi connectivity index (χ0v) is 30.0. The summed E-state index contributed by atoms with van der Waals surface area (Å²) >= 11 is 0. The Bertz CT molecular complexity index is 1300. The van der Waals surface area contributed by atoms with Crippen LogP contribution in [0.25, 0.3) is 0 Å². The highest BCUT2D eigenvalue weighted by Crippen LogP contribution is 2.43. The van der Waals surface area contributed by atoms with Gasteiger partial charge in [0.2, 0.25) is 11.8 Å². The first kappa shape index (κ1) is 36.5. The Hall–Kier alpha value is -2.34. The van der Waals surface area contributed by atoms with Gasteiger partial charge in [-0.3, -0.25) is 9.59 Å². The number of carbonyl (C=O) groups excluding carboxylic acids is 3. The van der Waals surface area contributed by atoms with Crippen molar-refractivity contribution >= 4 is 27.7 Å². The topological polar surface area (TPSA) is 171 Å². The van der Waals surface area contributed by atoms with Gasteiger partial charge in [0.15, 0.2) is 9.84 Å². The molecule has 1 saturated heterocycles. The van der Waals surface area contributed by atoms with Gasteiger partial charge in [-0.1, -0.05) is 47.5 Å². The molecule has 0 spiro atoms. The van der Waals surface area contributed by atoms with E-state index in [-0.39, 0.29) is 23.7 Å². The molecule has 0 aromatic carbocycles. The standard InChI is InChI=1S/C34H59N5O6S/c1-19(2)15-20-16-25(30(41)36-24-17-21-13-14-22(21)27(35)28(24)40)39(18-20)31(42)29(33(3,4)5)38-32(43)37-23-11-9-10-12-26(23)46(44,45)34(6,7)8/h19-21,23-26,28-29,40H,9-18,35H2,1-8H3,(H,36,41)(H2,37,38,43)/t20-,21?,23+,24?,25+,26-,28?,29-/m1/s1. The Morgan fingerprint density at radius 2 is 1.63 bits per heavy atom. The number of nitrogens with zero attached hydrogens (tertiary/aromatic N) is 1. The number of hydrogen-bond donors (Lipinski definition) is 5.